The van der Waals surface area contributed by atoms with Gasteiger partial charge in [-0.2, -0.15) is 11.8 Å². The predicted octanol–water partition coefficient (Wildman–Crippen LogP) is -4.41. The van der Waals surface area contributed by atoms with Crippen LogP contribution in [-0.4, -0.2) is 95.9 Å². The summed E-state index contributed by atoms with van der Waals surface area (Å²) >= 11 is 1.44. The summed E-state index contributed by atoms with van der Waals surface area (Å²) in [6.07, 6.45) is 2.34. The molecule has 0 aliphatic carbocycles. The topological polar surface area (TPSA) is 323 Å². The van der Waals surface area contributed by atoms with Gasteiger partial charge in [0.1, 0.15) is 18.1 Å². The van der Waals surface area contributed by atoms with Crippen LogP contribution in [0.25, 0.3) is 0 Å². The van der Waals surface area contributed by atoms with E-state index in [2.05, 4.69) is 25.9 Å². The molecule has 0 aromatic carbocycles. The molecule has 16 N–H and O–H groups in total. The Kier molecular flexibility index (Phi) is 17.4. The van der Waals surface area contributed by atoms with Crippen LogP contribution < -0.4 is 50.4 Å². The first-order chi connectivity index (χ1) is 18.3. The lowest BCUT2D eigenvalue weighted by Gasteiger charge is -2.25. The number of nitrogens with two attached hydrogens (primary N) is 6. The maximum absolute atomic E-state index is 13.1. The van der Waals surface area contributed by atoms with Crippen molar-refractivity contribution < 1.29 is 29.1 Å². The Hall–Kier alpha value is -3.80. The van der Waals surface area contributed by atoms with Crippen LogP contribution in [0, 0.1) is 0 Å². The number of nitrogens with one attached hydrogen (secondary N) is 3. The van der Waals surface area contributed by atoms with E-state index in [4.69, 9.17) is 34.4 Å². The largest absolute Gasteiger partial charge is 0.480 e. The molecule has 0 spiro atoms. The van der Waals surface area contributed by atoms with Crippen molar-refractivity contribution in [1.82, 2.24) is 16.0 Å². The van der Waals surface area contributed by atoms with Gasteiger partial charge < -0.3 is 55.5 Å². The van der Waals surface area contributed by atoms with Crippen molar-refractivity contribution in [2.75, 3.05) is 25.1 Å². The molecule has 0 bridgehead atoms. The standard InChI is InChI=1S/C21H41N11O6S/c1-39-9-6-13(30-16(34)11(22)4-2-7-28-20(24)25)18(36)31-12(5-3-8-29-21(26)27)17(35)32-14(19(37)38)10-15(23)33/h11-14H,2-10,22H2,1H3,(H2,23,33)(H,30,34)(H,31,36)(H,32,35)(H,37,38)(H4,24,25,28)(H4,26,27,29). The van der Waals surface area contributed by atoms with E-state index in [9.17, 15) is 29.1 Å². The highest BCUT2D eigenvalue weighted by Crippen LogP contribution is 2.06. The van der Waals surface area contributed by atoms with Crippen molar-refractivity contribution in [2.24, 2.45) is 44.4 Å². The Morgan fingerprint density at radius 3 is 1.67 bits per heavy atom. The summed E-state index contributed by atoms with van der Waals surface area (Å²) in [4.78, 5) is 69.0. The third kappa shape index (κ3) is 16.6. The van der Waals surface area contributed by atoms with Crippen molar-refractivity contribution in [1.29, 1.82) is 0 Å². The fourth-order valence-corrected chi connectivity index (χ4v) is 3.62. The predicted molar refractivity (Wildman–Crippen MR) is 148 cm³/mol. The highest BCUT2D eigenvalue weighted by molar-refractivity contribution is 7.98. The van der Waals surface area contributed by atoms with Crippen LogP contribution >= 0.6 is 11.8 Å². The molecule has 4 amide bonds. The molecule has 4 atom stereocenters. The highest BCUT2D eigenvalue weighted by Gasteiger charge is 2.30. The molecule has 0 aromatic rings. The number of guanidine groups is 2. The fraction of sp³-hybridized carbons (Fsp3) is 0.667. The summed E-state index contributed by atoms with van der Waals surface area (Å²) in [6.45, 7) is 0.413. The van der Waals surface area contributed by atoms with Gasteiger partial charge in [0, 0.05) is 13.1 Å². The van der Waals surface area contributed by atoms with Gasteiger partial charge in [-0.05, 0) is 44.1 Å². The minimum absolute atomic E-state index is 0.0186. The van der Waals surface area contributed by atoms with E-state index < -0.39 is 60.2 Å². The molecular weight excluding hydrogens is 534 g/mol. The molecule has 0 rings (SSSR count). The van der Waals surface area contributed by atoms with E-state index in [1.165, 1.54) is 11.8 Å². The Balaban J connectivity index is 5.55. The third-order valence-corrected chi connectivity index (χ3v) is 5.79. The Bertz CT molecular complexity index is 894. The Morgan fingerprint density at radius 1 is 0.744 bits per heavy atom. The van der Waals surface area contributed by atoms with E-state index in [1.807, 2.05) is 6.26 Å². The van der Waals surface area contributed by atoms with Crippen LogP contribution in [0.5, 0.6) is 0 Å². The van der Waals surface area contributed by atoms with Gasteiger partial charge in [-0.1, -0.05) is 0 Å². The number of carboxylic acids is 1. The van der Waals surface area contributed by atoms with Crippen LogP contribution in [0.15, 0.2) is 9.98 Å². The minimum atomic E-state index is -1.60. The molecule has 17 nitrogen and oxygen atoms in total. The minimum Gasteiger partial charge on any atom is -0.480 e. The second-order valence-corrected chi connectivity index (χ2v) is 9.46. The van der Waals surface area contributed by atoms with Gasteiger partial charge in [0.15, 0.2) is 11.9 Å². The van der Waals surface area contributed by atoms with E-state index in [1.54, 1.807) is 0 Å². The van der Waals surface area contributed by atoms with Crippen molar-refractivity contribution in [3.63, 3.8) is 0 Å². The first kappa shape index (κ1) is 35.2. The van der Waals surface area contributed by atoms with Crippen molar-refractivity contribution >= 4 is 53.3 Å². The Labute approximate surface area is 230 Å². The fourth-order valence-electron chi connectivity index (χ4n) is 3.15. The summed E-state index contributed by atoms with van der Waals surface area (Å²) < 4.78 is 0. The lowest BCUT2D eigenvalue weighted by atomic mass is 10.1. The summed E-state index contributed by atoms with van der Waals surface area (Å²) in [5.74, 6) is -4.30. The zero-order valence-corrected chi connectivity index (χ0v) is 22.7. The average molecular weight is 576 g/mol. The van der Waals surface area contributed by atoms with Gasteiger partial charge in [-0.3, -0.25) is 29.2 Å². The van der Waals surface area contributed by atoms with Gasteiger partial charge in [0.2, 0.25) is 23.6 Å². The molecule has 0 radical (unpaired) electrons. The van der Waals surface area contributed by atoms with Gasteiger partial charge in [0.05, 0.1) is 12.5 Å². The number of carbonyl (C=O) groups excluding carboxylic acids is 4. The summed E-state index contributed by atoms with van der Waals surface area (Å²) in [5.41, 5.74) is 32.1. The number of amides is 4. The number of carbonyl (C=O) groups is 5. The molecule has 39 heavy (non-hydrogen) atoms. The van der Waals surface area contributed by atoms with E-state index in [-0.39, 0.29) is 50.7 Å². The number of thioether (sulfide) groups is 1. The molecule has 0 heterocycles. The molecule has 0 aliphatic heterocycles. The van der Waals surface area contributed by atoms with Crippen molar-refractivity contribution in [3.05, 3.63) is 0 Å². The zero-order valence-electron chi connectivity index (χ0n) is 21.9. The third-order valence-electron chi connectivity index (χ3n) is 5.15. The molecule has 0 aliphatic rings. The van der Waals surface area contributed by atoms with Crippen LogP contribution in [0.1, 0.15) is 38.5 Å². The van der Waals surface area contributed by atoms with Gasteiger partial charge in [0.25, 0.3) is 0 Å². The highest BCUT2D eigenvalue weighted by atomic mass is 32.2. The smallest absolute Gasteiger partial charge is 0.326 e. The molecular formula is C21H41N11O6S. The number of hydrogen-bond acceptors (Lipinski definition) is 9. The average Bonchev–Trinajstić information content (AvgIpc) is 2.84. The zero-order chi connectivity index (χ0) is 30.0. The quantitative estimate of drug-likeness (QED) is 0.0373. The van der Waals surface area contributed by atoms with Crippen LogP contribution in [0.2, 0.25) is 0 Å². The van der Waals surface area contributed by atoms with E-state index in [0.29, 0.717) is 12.2 Å². The number of nitrogens with zero attached hydrogens (tertiary/aromatic N) is 2. The van der Waals surface area contributed by atoms with Crippen molar-refractivity contribution in [3.8, 4) is 0 Å². The number of aliphatic imine (C=N–C) groups is 2. The van der Waals surface area contributed by atoms with Crippen molar-refractivity contribution in [2.45, 2.75) is 62.7 Å². The summed E-state index contributed by atoms with van der Waals surface area (Å²) in [6, 6.07) is -4.81. The van der Waals surface area contributed by atoms with E-state index in [0.717, 1.165) is 0 Å². The number of hydrogen-bond donors (Lipinski definition) is 10. The second kappa shape index (κ2) is 19.3. The number of rotatable bonds is 20. The van der Waals surface area contributed by atoms with Crippen LogP contribution in [0.3, 0.4) is 0 Å². The lowest BCUT2D eigenvalue weighted by molar-refractivity contribution is -0.143. The monoisotopic (exact) mass is 575 g/mol. The van der Waals surface area contributed by atoms with Crippen LogP contribution in [0.4, 0.5) is 0 Å². The van der Waals surface area contributed by atoms with Gasteiger partial charge >= 0.3 is 5.97 Å². The Morgan fingerprint density at radius 2 is 1.21 bits per heavy atom. The number of aliphatic carboxylic acids is 1. The number of carboxylic acid groups (broad SMARTS) is 1. The maximum Gasteiger partial charge on any atom is 0.326 e. The van der Waals surface area contributed by atoms with E-state index >= 15 is 0 Å². The van der Waals surface area contributed by atoms with Gasteiger partial charge in [-0.25, -0.2) is 4.79 Å². The SMILES string of the molecule is CSCCC(NC(=O)C(N)CCCN=C(N)N)C(=O)NC(CCCN=C(N)N)C(=O)NC(CC(N)=O)C(=O)O. The second-order valence-electron chi connectivity index (χ2n) is 8.48. The lowest BCUT2D eigenvalue weighted by Crippen LogP contribution is -2.57. The molecule has 0 aromatic heterocycles. The summed E-state index contributed by atoms with van der Waals surface area (Å²) in [5, 5.41) is 16.7. The maximum atomic E-state index is 13.1. The molecule has 222 valence electrons. The van der Waals surface area contributed by atoms with Crippen LogP contribution in [-0.2, 0) is 24.0 Å². The first-order valence-electron chi connectivity index (χ1n) is 12.1. The molecule has 4 unspecified atom stereocenters. The first-order valence-corrected chi connectivity index (χ1v) is 13.4. The molecule has 0 saturated heterocycles. The molecule has 18 heteroatoms. The molecule has 0 fully saturated rings. The number of primary amides is 1. The normalized spacial score (nSPS) is 13.6. The molecule has 0 saturated carbocycles. The summed E-state index contributed by atoms with van der Waals surface area (Å²) in [7, 11) is 0. The van der Waals surface area contributed by atoms with Gasteiger partial charge in [-0.15, -0.1) is 0 Å².